The topological polar surface area (TPSA) is 109 Å². The third-order valence-electron chi connectivity index (χ3n) is 4.47. The SMILES string of the molecule is C=CC(=O)NC1CCCC(Oc2cnc3[nH]cc(C(=O)NC(C)C)c3n2)C1. The molecule has 0 aliphatic heterocycles. The first kappa shape index (κ1) is 18.9. The Morgan fingerprint density at radius 2 is 2.22 bits per heavy atom. The number of rotatable bonds is 6. The molecule has 0 saturated heterocycles. The van der Waals surface area contributed by atoms with Crippen molar-refractivity contribution in [3.63, 3.8) is 0 Å². The lowest BCUT2D eigenvalue weighted by Gasteiger charge is -2.29. The molecule has 0 aromatic carbocycles. The van der Waals surface area contributed by atoms with Crippen LogP contribution in [0.25, 0.3) is 11.2 Å². The van der Waals surface area contributed by atoms with E-state index in [0.717, 1.165) is 19.3 Å². The molecule has 2 atom stereocenters. The van der Waals surface area contributed by atoms with Gasteiger partial charge in [0, 0.05) is 24.7 Å². The van der Waals surface area contributed by atoms with Gasteiger partial charge in [0.25, 0.3) is 5.91 Å². The summed E-state index contributed by atoms with van der Waals surface area (Å²) in [6.45, 7) is 7.28. The summed E-state index contributed by atoms with van der Waals surface area (Å²) in [5.41, 5.74) is 1.46. The molecule has 1 fully saturated rings. The Morgan fingerprint density at radius 1 is 1.41 bits per heavy atom. The molecule has 8 heteroatoms. The van der Waals surface area contributed by atoms with Gasteiger partial charge in [0.2, 0.25) is 11.8 Å². The number of hydrogen-bond donors (Lipinski definition) is 3. The van der Waals surface area contributed by atoms with E-state index in [2.05, 4.69) is 32.2 Å². The second-order valence-electron chi connectivity index (χ2n) is 7.05. The Balaban J connectivity index is 1.72. The molecule has 0 radical (unpaired) electrons. The van der Waals surface area contributed by atoms with Crippen LogP contribution >= 0.6 is 0 Å². The quantitative estimate of drug-likeness (QED) is 0.674. The summed E-state index contributed by atoms with van der Waals surface area (Å²) in [6, 6.07) is 0.0883. The highest BCUT2D eigenvalue weighted by Crippen LogP contribution is 2.24. The summed E-state index contributed by atoms with van der Waals surface area (Å²) < 4.78 is 6.00. The molecule has 2 aromatic heterocycles. The van der Waals surface area contributed by atoms with Gasteiger partial charge in [0.15, 0.2) is 5.65 Å². The van der Waals surface area contributed by atoms with Gasteiger partial charge >= 0.3 is 0 Å². The van der Waals surface area contributed by atoms with Crippen molar-refractivity contribution in [1.82, 2.24) is 25.6 Å². The lowest BCUT2D eigenvalue weighted by molar-refractivity contribution is -0.117. The van der Waals surface area contributed by atoms with Gasteiger partial charge in [-0.2, -0.15) is 0 Å². The predicted octanol–water partition coefficient (Wildman–Crippen LogP) is 2.09. The van der Waals surface area contributed by atoms with Crippen molar-refractivity contribution >= 4 is 23.0 Å². The molecule has 2 unspecified atom stereocenters. The first-order chi connectivity index (χ1) is 13.0. The second kappa shape index (κ2) is 8.20. The average Bonchev–Trinajstić information content (AvgIpc) is 3.04. The predicted molar refractivity (Wildman–Crippen MR) is 102 cm³/mol. The molecule has 2 aromatic rings. The highest BCUT2D eigenvalue weighted by atomic mass is 16.5. The van der Waals surface area contributed by atoms with Crippen LogP contribution < -0.4 is 15.4 Å². The van der Waals surface area contributed by atoms with E-state index in [1.807, 2.05) is 13.8 Å². The fourth-order valence-electron chi connectivity index (χ4n) is 3.26. The van der Waals surface area contributed by atoms with Crippen LogP contribution in [0.3, 0.4) is 0 Å². The lowest BCUT2D eigenvalue weighted by atomic mass is 9.93. The zero-order valence-electron chi connectivity index (χ0n) is 15.6. The van der Waals surface area contributed by atoms with Crippen LogP contribution in [0, 0.1) is 0 Å². The van der Waals surface area contributed by atoms with E-state index in [9.17, 15) is 9.59 Å². The molecular formula is C19H25N5O3. The van der Waals surface area contributed by atoms with E-state index < -0.39 is 0 Å². The summed E-state index contributed by atoms with van der Waals surface area (Å²) in [7, 11) is 0. The molecule has 1 saturated carbocycles. The van der Waals surface area contributed by atoms with Crippen LogP contribution in [0.4, 0.5) is 0 Å². The number of nitrogens with one attached hydrogen (secondary N) is 3. The Bertz CT molecular complexity index is 845. The van der Waals surface area contributed by atoms with Crippen molar-refractivity contribution in [3.8, 4) is 5.88 Å². The number of nitrogens with zero attached hydrogens (tertiary/aromatic N) is 2. The summed E-state index contributed by atoms with van der Waals surface area (Å²) in [6.07, 6.45) is 7.83. The zero-order chi connectivity index (χ0) is 19.4. The molecule has 3 rings (SSSR count). The number of H-pyrrole nitrogens is 1. The molecule has 8 nitrogen and oxygen atoms in total. The molecule has 27 heavy (non-hydrogen) atoms. The molecule has 0 spiro atoms. The van der Waals surface area contributed by atoms with E-state index >= 15 is 0 Å². The number of carbonyl (C=O) groups is 2. The van der Waals surface area contributed by atoms with Gasteiger partial charge in [-0.3, -0.25) is 9.59 Å². The largest absolute Gasteiger partial charge is 0.473 e. The number of ether oxygens (including phenoxy) is 1. The standard InChI is InChI=1S/C19H25N5O3/c1-4-15(25)23-12-6-5-7-13(8-12)27-16-10-21-18-17(24-16)14(9-20-18)19(26)22-11(2)3/h4,9-13H,1,5-8H2,2-3H3,(H,20,21)(H,22,26)(H,23,25). The first-order valence-corrected chi connectivity index (χ1v) is 9.21. The Kier molecular flexibility index (Phi) is 5.73. The normalized spacial score (nSPS) is 19.7. The minimum absolute atomic E-state index is 0.0276. The van der Waals surface area contributed by atoms with Crippen LogP contribution in [0.15, 0.2) is 25.0 Å². The number of amides is 2. The maximum Gasteiger partial charge on any atom is 0.255 e. The van der Waals surface area contributed by atoms with Gasteiger partial charge in [-0.15, -0.1) is 0 Å². The van der Waals surface area contributed by atoms with Gasteiger partial charge in [-0.05, 0) is 39.2 Å². The van der Waals surface area contributed by atoms with Crippen LogP contribution in [0.2, 0.25) is 0 Å². The Labute approximate surface area is 157 Å². The van der Waals surface area contributed by atoms with Gasteiger partial charge in [-0.25, -0.2) is 9.97 Å². The molecule has 1 aliphatic rings. The molecule has 2 heterocycles. The molecule has 1 aliphatic carbocycles. The maximum absolute atomic E-state index is 12.3. The maximum atomic E-state index is 12.3. The van der Waals surface area contributed by atoms with Crippen LogP contribution in [0.1, 0.15) is 49.9 Å². The minimum Gasteiger partial charge on any atom is -0.473 e. The molecule has 144 valence electrons. The van der Waals surface area contributed by atoms with Crippen molar-refractivity contribution in [2.24, 2.45) is 0 Å². The van der Waals surface area contributed by atoms with Gasteiger partial charge in [-0.1, -0.05) is 6.58 Å². The average molecular weight is 371 g/mol. The van der Waals surface area contributed by atoms with Crippen LogP contribution in [-0.2, 0) is 4.79 Å². The number of aromatic amines is 1. The summed E-state index contributed by atoms with van der Waals surface area (Å²) >= 11 is 0. The Morgan fingerprint density at radius 3 is 2.96 bits per heavy atom. The smallest absolute Gasteiger partial charge is 0.255 e. The summed E-state index contributed by atoms with van der Waals surface area (Å²) in [5, 5.41) is 5.77. The van der Waals surface area contributed by atoms with Crippen LogP contribution in [0.5, 0.6) is 5.88 Å². The molecule has 2 amide bonds. The van der Waals surface area contributed by atoms with Crippen molar-refractivity contribution < 1.29 is 14.3 Å². The minimum atomic E-state index is -0.201. The molecular weight excluding hydrogens is 346 g/mol. The number of aromatic nitrogens is 3. The van der Waals surface area contributed by atoms with Gasteiger partial charge < -0.3 is 20.4 Å². The highest BCUT2D eigenvalue weighted by molar-refractivity contribution is 6.04. The monoisotopic (exact) mass is 371 g/mol. The molecule has 3 N–H and O–H groups in total. The van der Waals surface area contributed by atoms with Gasteiger partial charge in [0.05, 0.1) is 11.8 Å². The zero-order valence-corrected chi connectivity index (χ0v) is 15.6. The van der Waals surface area contributed by atoms with Crippen molar-refractivity contribution in [3.05, 3.63) is 30.6 Å². The number of fused-ring (bicyclic) bond motifs is 1. The Hall–Kier alpha value is -2.90. The summed E-state index contributed by atoms with van der Waals surface area (Å²) in [4.78, 5) is 35.6. The van der Waals surface area contributed by atoms with Crippen molar-refractivity contribution in [2.45, 2.75) is 57.7 Å². The van der Waals surface area contributed by atoms with E-state index in [-0.39, 0.29) is 30.0 Å². The van der Waals surface area contributed by atoms with E-state index in [4.69, 9.17) is 4.74 Å². The van der Waals surface area contributed by atoms with E-state index in [1.165, 1.54) is 6.08 Å². The third-order valence-corrected chi connectivity index (χ3v) is 4.47. The van der Waals surface area contributed by atoms with Crippen molar-refractivity contribution in [2.75, 3.05) is 0 Å². The highest BCUT2D eigenvalue weighted by Gasteiger charge is 2.25. The fourth-order valence-corrected chi connectivity index (χ4v) is 3.26. The second-order valence-corrected chi connectivity index (χ2v) is 7.05. The van der Waals surface area contributed by atoms with Crippen LogP contribution in [-0.4, -0.2) is 45.0 Å². The number of hydrogen-bond acceptors (Lipinski definition) is 5. The number of carbonyl (C=O) groups excluding carboxylic acids is 2. The lowest BCUT2D eigenvalue weighted by Crippen LogP contribution is -2.40. The summed E-state index contributed by atoms with van der Waals surface area (Å²) in [5.74, 6) is 0.00366. The van der Waals surface area contributed by atoms with E-state index in [1.54, 1.807) is 12.4 Å². The molecule has 0 bridgehead atoms. The van der Waals surface area contributed by atoms with Gasteiger partial charge in [0.1, 0.15) is 11.6 Å². The fraction of sp³-hybridized carbons (Fsp3) is 0.474. The first-order valence-electron chi connectivity index (χ1n) is 9.21. The van der Waals surface area contributed by atoms with E-state index in [0.29, 0.717) is 29.0 Å². The third kappa shape index (κ3) is 4.64. The van der Waals surface area contributed by atoms with Crippen molar-refractivity contribution in [1.29, 1.82) is 0 Å².